The summed E-state index contributed by atoms with van der Waals surface area (Å²) >= 11 is 1.18. The van der Waals surface area contributed by atoms with Gasteiger partial charge in [-0.1, -0.05) is 11.8 Å². The minimum absolute atomic E-state index is 0.0812. The largest absolute Gasteiger partial charge is 0.416 e. The quantitative estimate of drug-likeness (QED) is 0.826. The molecule has 108 valence electrons. The van der Waals surface area contributed by atoms with Crippen LogP contribution in [0.1, 0.15) is 18.1 Å². The van der Waals surface area contributed by atoms with Crippen molar-refractivity contribution in [2.24, 2.45) is 0 Å². The Balaban J connectivity index is 2.22. The van der Waals surface area contributed by atoms with Gasteiger partial charge in [-0.3, -0.25) is 4.79 Å². The lowest BCUT2D eigenvalue weighted by Crippen LogP contribution is -2.38. The monoisotopic (exact) mass is 306 g/mol. The van der Waals surface area contributed by atoms with Crippen molar-refractivity contribution in [2.45, 2.75) is 18.6 Å². The number of alkyl halides is 3. The first-order valence-electron chi connectivity index (χ1n) is 5.53. The van der Waals surface area contributed by atoms with Crippen molar-refractivity contribution >= 4 is 23.4 Å². The molecule has 0 aromatic heterocycles. The number of carbonyl (C=O) groups excluding carboxylic acids is 1. The lowest BCUT2D eigenvalue weighted by Gasteiger charge is -2.14. The number of carbonyl (C=O) groups is 1. The molecule has 1 aliphatic rings. The van der Waals surface area contributed by atoms with Crippen LogP contribution in [0.5, 0.6) is 0 Å². The molecule has 0 spiro atoms. The molecule has 1 atom stereocenters. The van der Waals surface area contributed by atoms with Gasteiger partial charge in [0, 0.05) is 12.5 Å². The summed E-state index contributed by atoms with van der Waals surface area (Å²) in [7, 11) is 0. The summed E-state index contributed by atoms with van der Waals surface area (Å²) in [4.78, 5) is 10.9. The van der Waals surface area contributed by atoms with E-state index < -0.39 is 23.1 Å². The average molecular weight is 306 g/mol. The van der Waals surface area contributed by atoms with Crippen LogP contribution in [-0.4, -0.2) is 11.4 Å². The third-order valence-electron chi connectivity index (χ3n) is 2.48. The van der Waals surface area contributed by atoms with Crippen LogP contribution in [0.25, 0.3) is 5.70 Å². The van der Waals surface area contributed by atoms with Crippen molar-refractivity contribution in [1.82, 2.24) is 10.6 Å². The summed E-state index contributed by atoms with van der Waals surface area (Å²) in [6, 6.07) is 2.31. The molecule has 2 N–H and O–H groups in total. The van der Waals surface area contributed by atoms with E-state index in [1.807, 2.05) is 0 Å². The second-order valence-corrected chi connectivity index (χ2v) is 5.10. The number of hydrogen-bond donors (Lipinski definition) is 2. The van der Waals surface area contributed by atoms with E-state index in [4.69, 9.17) is 0 Å². The minimum atomic E-state index is -4.61. The zero-order valence-corrected chi connectivity index (χ0v) is 11.0. The first kappa shape index (κ1) is 14.7. The first-order chi connectivity index (χ1) is 9.25. The molecule has 1 aliphatic heterocycles. The van der Waals surface area contributed by atoms with Gasteiger partial charge >= 0.3 is 6.18 Å². The molecule has 2 rings (SSSR count). The van der Waals surface area contributed by atoms with Crippen LogP contribution in [0, 0.1) is 5.82 Å². The molecule has 1 amide bonds. The Morgan fingerprint density at radius 1 is 1.35 bits per heavy atom. The Kier molecular flexibility index (Phi) is 3.94. The highest BCUT2D eigenvalue weighted by Crippen LogP contribution is 2.33. The minimum Gasteiger partial charge on any atom is -0.356 e. The SMILES string of the molecule is CC(=O)NC1NC(c2cc(F)cc(C(F)(F)F)c2)=CS1. The molecular formula is C12H10F4N2OS. The van der Waals surface area contributed by atoms with E-state index in [1.165, 1.54) is 24.1 Å². The number of amides is 1. The number of benzene rings is 1. The Morgan fingerprint density at radius 3 is 2.65 bits per heavy atom. The topological polar surface area (TPSA) is 41.1 Å². The Bertz CT molecular complexity index is 571. The summed E-state index contributed by atoms with van der Waals surface area (Å²) < 4.78 is 51.1. The van der Waals surface area contributed by atoms with Crippen LogP contribution in [-0.2, 0) is 11.0 Å². The van der Waals surface area contributed by atoms with E-state index in [2.05, 4.69) is 10.6 Å². The molecule has 0 saturated carbocycles. The second kappa shape index (κ2) is 5.35. The van der Waals surface area contributed by atoms with Crippen molar-refractivity contribution in [3.8, 4) is 0 Å². The number of hydrogen-bond acceptors (Lipinski definition) is 3. The predicted octanol–water partition coefficient (Wildman–Crippen LogP) is 2.90. The van der Waals surface area contributed by atoms with Crippen LogP contribution in [0.4, 0.5) is 17.6 Å². The molecule has 1 heterocycles. The number of rotatable bonds is 2. The zero-order chi connectivity index (χ0) is 14.9. The van der Waals surface area contributed by atoms with Crippen molar-refractivity contribution < 1.29 is 22.4 Å². The van der Waals surface area contributed by atoms with Crippen LogP contribution < -0.4 is 10.6 Å². The van der Waals surface area contributed by atoms with Crippen LogP contribution >= 0.6 is 11.8 Å². The maximum atomic E-state index is 13.3. The van der Waals surface area contributed by atoms with Crippen LogP contribution in [0.2, 0.25) is 0 Å². The average Bonchev–Trinajstić information content (AvgIpc) is 2.74. The third-order valence-corrected chi connectivity index (χ3v) is 3.36. The highest BCUT2D eigenvalue weighted by atomic mass is 32.2. The summed E-state index contributed by atoms with van der Waals surface area (Å²) in [6.07, 6.45) is -4.61. The van der Waals surface area contributed by atoms with Gasteiger partial charge in [0.05, 0.1) is 11.3 Å². The van der Waals surface area contributed by atoms with E-state index in [1.54, 1.807) is 0 Å². The first-order valence-corrected chi connectivity index (χ1v) is 6.47. The fourth-order valence-corrected chi connectivity index (χ4v) is 2.57. The summed E-state index contributed by atoms with van der Waals surface area (Å²) in [6.45, 7) is 1.32. The second-order valence-electron chi connectivity index (χ2n) is 4.12. The Labute approximate surface area is 116 Å². The molecule has 0 saturated heterocycles. The van der Waals surface area contributed by atoms with E-state index in [0.29, 0.717) is 11.8 Å². The molecule has 0 fully saturated rings. The van der Waals surface area contributed by atoms with Gasteiger partial charge in [-0.15, -0.1) is 0 Å². The van der Waals surface area contributed by atoms with Gasteiger partial charge in [0.2, 0.25) is 5.91 Å². The number of nitrogens with one attached hydrogen (secondary N) is 2. The van der Waals surface area contributed by atoms with Gasteiger partial charge in [0.15, 0.2) is 5.50 Å². The number of halogens is 4. The molecule has 0 bridgehead atoms. The molecule has 1 aromatic carbocycles. The van der Waals surface area contributed by atoms with E-state index in [-0.39, 0.29) is 11.5 Å². The highest BCUT2D eigenvalue weighted by Gasteiger charge is 2.32. The van der Waals surface area contributed by atoms with Gasteiger partial charge < -0.3 is 10.6 Å². The van der Waals surface area contributed by atoms with Crippen LogP contribution in [0.15, 0.2) is 23.6 Å². The molecule has 1 aromatic rings. The molecule has 0 radical (unpaired) electrons. The molecule has 1 unspecified atom stereocenters. The maximum Gasteiger partial charge on any atom is 0.416 e. The maximum absolute atomic E-state index is 13.3. The van der Waals surface area contributed by atoms with E-state index >= 15 is 0 Å². The molecule has 20 heavy (non-hydrogen) atoms. The predicted molar refractivity (Wildman–Crippen MR) is 67.7 cm³/mol. The Hall–Kier alpha value is -1.70. The number of thioether (sulfide) groups is 1. The lowest BCUT2D eigenvalue weighted by molar-refractivity contribution is -0.137. The van der Waals surface area contributed by atoms with E-state index in [0.717, 1.165) is 12.1 Å². The van der Waals surface area contributed by atoms with Crippen molar-refractivity contribution in [3.63, 3.8) is 0 Å². The van der Waals surface area contributed by atoms with Crippen molar-refractivity contribution in [3.05, 3.63) is 40.6 Å². The highest BCUT2D eigenvalue weighted by molar-refractivity contribution is 8.03. The van der Waals surface area contributed by atoms with E-state index in [9.17, 15) is 22.4 Å². The standard InChI is InChI=1S/C12H10F4N2OS/c1-6(19)17-11-18-10(5-20-11)7-2-8(12(14,15)16)4-9(13)3-7/h2-5,11,18H,1H3,(H,17,19). The molecule has 8 heteroatoms. The Morgan fingerprint density at radius 2 is 2.05 bits per heavy atom. The third kappa shape index (κ3) is 3.44. The smallest absolute Gasteiger partial charge is 0.356 e. The summed E-state index contributed by atoms with van der Waals surface area (Å²) in [5.74, 6) is -1.25. The molecule has 0 aliphatic carbocycles. The van der Waals surface area contributed by atoms with Gasteiger partial charge in [-0.25, -0.2) is 4.39 Å². The van der Waals surface area contributed by atoms with Gasteiger partial charge in [0.25, 0.3) is 0 Å². The zero-order valence-electron chi connectivity index (χ0n) is 10.2. The van der Waals surface area contributed by atoms with Gasteiger partial charge in [-0.2, -0.15) is 13.2 Å². The fraction of sp³-hybridized carbons (Fsp3) is 0.250. The summed E-state index contributed by atoms with van der Waals surface area (Å²) in [5, 5.41) is 6.89. The normalized spacial score (nSPS) is 18.4. The van der Waals surface area contributed by atoms with Gasteiger partial charge in [0.1, 0.15) is 5.82 Å². The van der Waals surface area contributed by atoms with Crippen LogP contribution in [0.3, 0.4) is 0 Å². The summed E-state index contributed by atoms with van der Waals surface area (Å²) in [5.41, 5.74) is -1.11. The molecular weight excluding hydrogens is 296 g/mol. The lowest BCUT2D eigenvalue weighted by atomic mass is 10.1. The molecule has 3 nitrogen and oxygen atoms in total. The van der Waals surface area contributed by atoms with Gasteiger partial charge in [-0.05, 0) is 23.6 Å². The van der Waals surface area contributed by atoms with Crippen molar-refractivity contribution in [1.29, 1.82) is 0 Å². The fourth-order valence-electron chi connectivity index (χ4n) is 1.66. The van der Waals surface area contributed by atoms with Crippen molar-refractivity contribution in [2.75, 3.05) is 0 Å².